The first-order valence-electron chi connectivity index (χ1n) is 5.54. The maximum Gasteiger partial charge on any atom is 0.123 e. The molecule has 0 aliphatic carbocycles. The summed E-state index contributed by atoms with van der Waals surface area (Å²) in [6, 6.07) is 5.72. The van der Waals surface area contributed by atoms with E-state index in [1.165, 1.54) is 0 Å². The lowest BCUT2D eigenvalue weighted by atomic mass is 9.99. The monoisotopic (exact) mass is 258 g/mol. The summed E-state index contributed by atoms with van der Waals surface area (Å²) in [4.78, 5) is 0. The first-order valence-corrected chi connectivity index (χ1v) is 6.55. The Kier molecular flexibility index (Phi) is 5.50. The Labute approximate surface area is 109 Å². The minimum absolute atomic E-state index is 0.474. The van der Waals surface area contributed by atoms with Crippen molar-refractivity contribution in [3.8, 4) is 5.75 Å². The molecule has 0 aromatic heterocycles. The van der Waals surface area contributed by atoms with Crippen LogP contribution >= 0.6 is 24.2 Å². The van der Waals surface area contributed by atoms with Gasteiger partial charge in [-0.1, -0.05) is 31.5 Å². The quantitative estimate of drug-likeness (QED) is 0.778. The van der Waals surface area contributed by atoms with Crippen molar-refractivity contribution in [1.29, 1.82) is 0 Å². The highest BCUT2D eigenvalue weighted by Gasteiger charge is 2.13. The fourth-order valence-electron chi connectivity index (χ4n) is 1.38. The van der Waals surface area contributed by atoms with E-state index in [-0.39, 0.29) is 0 Å². The molecule has 0 fully saturated rings. The lowest BCUT2D eigenvalue weighted by Gasteiger charge is -2.19. The molecular formula is C13H19ClOS. The van der Waals surface area contributed by atoms with Crippen LogP contribution in [0.25, 0.3) is 0 Å². The summed E-state index contributed by atoms with van der Waals surface area (Å²) in [5.74, 6) is 2.77. The number of benzene rings is 1. The van der Waals surface area contributed by atoms with Gasteiger partial charge >= 0.3 is 0 Å². The summed E-state index contributed by atoms with van der Waals surface area (Å²) in [5, 5.41) is 0.715. The number of aryl methyl sites for hydroxylation is 1. The fraction of sp³-hybridized carbons (Fsp3) is 0.538. The maximum atomic E-state index is 5.93. The van der Waals surface area contributed by atoms with Gasteiger partial charge in [0.25, 0.3) is 0 Å². The molecule has 0 saturated carbocycles. The van der Waals surface area contributed by atoms with Gasteiger partial charge in [-0.15, -0.1) is 0 Å². The second kappa shape index (κ2) is 6.41. The summed E-state index contributed by atoms with van der Waals surface area (Å²) in [7, 11) is 0. The van der Waals surface area contributed by atoms with Crippen molar-refractivity contribution in [3.05, 3.63) is 28.8 Å². The minimum atomic E-state index is 0.474. The van der Waals surface area contributed by atoms with E-state index in [4.69, 9.17) is 16.3 Å². The molecule has 90 valence electrons. The van der Waals surface area contributed by atoms with Gasteiger partial charge in [-0.3, -0.25) is 0 Å². The van der Waals surface area contributed by atoms with Crippen molar-refractivity contribution in [3.63, 3.8) is 0 Å². The van der Waals surface area contributed by atoms with Crippen LogP contribution in [0.1, 0.15) is 19.4 Å². The SMILES string of the molecule is Cc1ccc(Cl)cc1OCC(CS)C(C)C. The van der Waals surface area contributed by atoms with Gasteiger partial charge in [-0.2, -0.15) is 12.6 Å². The zero-order chi connectivity index (χ0) is 12.1. The Morgan fingerprint density at radius 1 is 1.38 bits per heavy atom. The van der Waals surface area contributed by atoms with Crippen LogP contribution < -0.4 is 4.74 Å². The van der Waals surface area contributed by atoms with Gasteiger partial charge in [0, 0.05) is 10.9 Å². The molecule has 0 aliphatic heterocycles. The number of rotatable bonds is 5. The molecule has 0 aliphatic rings. The third-order valence-corrected chi connectivity index (χ3v) is 3.48. The Morgan fingerprint density at radius 3 is 2.62 bits per heavy atom. The first kappa shape index (κ1) is 13.7. The number of hydrogen-bond donors (Lipinski definition) is 1. The van der Waals surface area contributed by atoms with Crippen molar-refractivity contribution in [2.45, 2.75) is 20.8 Å². The van der Waals surface area contributed by atoms with E-state index in [1.54, 1.807) is 0 Å². The third kappa shape index (κ3) is 3.91. The molecule has 0 heterocycles. The van der Waals surface area contributed by atoms with Crippen molar-refractivity contribution < 1.29 is 4.74 Å². The summed E-state index contributed by atoms with van der Waals surface area (Å²) in [5.41, 5.74) is 1.12. The average Bonchev–Trinajstić information content (AvgIpc) is 2.23. The third-order valence-electron chi connectivity index (χ3n) is 2.78. The predicted molar refractivity (Wildman–Crippen MR) is 73.9 cm³/mol. The Morgan fingerprint density at radius 2 is 2.06 bits per heavy atom. The molecule has 1 aromatic rings. The molecule has 1 aromatic carbocycles. The number of hydrogen-bond acceptors (Lipinski definition) is 2. The molecule has 1 rings (SSSR count). The normalized spacial score (nSPS) is 12.9. The van der Waals surface area contributed by atoms with Crippen LogP contribution in [-0.4, -0.2) is 12.4 Å². The van der Waals surface area contributed by atoms with Gasteiger partial charge in [-0.05, 0) is 36.3 Å². The van der Waals surface area contributed by atoms with E-state index in [1.807, 2.05) is 25.1 Å². The van der Waals surface area contributed by atoms with Crippen LogP contribution in [0.4, 0.5) is 0 Å². The van der Waals surface area contributed by atoms with Gasteiger partial charge in [0.2, 0.25) is 0 Å². The first-order chi connectivity index (χ1) is 7.54. The average molecular weight is 259 g/mol. The largest absolute Gasteiger partial charge is 0.493 e. The van der Waals surface area contributed by atoms with E-state index >= 15 is 0 Å². The van der Waals surface area contributed by atoms with Crippen LogP contribution in [0, 0.1) is 18.8 Å². The zero-order valence-corrected chi connectivity index (χ0v) is 11.7. The number of ether oxygens (including phenoxy) is 1. The highest BCUT2D eigenvalue weighted by molar-refractivity contribution is 7.80. The van der Waals surface area contributed by atoms with E-state index in [0.717, 1.165) is 17.1 Å². The predicted octanol–water partition coefficient (Wildman–Crippen LogP) is 4.23. The molecule has 0 radical (unpaired) electrons. The summed E-state index contributed by atoms with van der Waals surface area (Å²) >= 11 is 10.3. The molecule has 1 atom stereocenters. The summed E-state index contributed by atoms with van der Waals surface area (Å²) in [6.07, 6.45) is 0. The standard InChI is InChI=1S/C13H19ClOS/c1-9(2)11(8-16)7-15-13-6-12(14)5-4-10(13)3/h4-6,9,11,16H,7-8H2,1-3H3. The van der Waals surface area contributed by atoms with E-state index < -0.39 is 0 Å². The van der Waals surface area contributed by atoms with Gasteiger partial charge in [0.05, 0.1) is 6.61 Å². The van der Waals surface area contributed by atoms with Crippen molar-refractivity contribution in [1.82, 2.24) is 0 Å². The van der Waals surface area contributed by atoms with Crippen LogP contribution in [0.5, 0.6) is 5.75 Å². The Balaban J connectivity index is 2.63. The molecule has 1 unspecified atom stereocenters. The topological polar surface area (TPSA) is 9.23 Å². The highest BCUT2D eigenvalue weighted by Crippen LogP contribution is 2.24. The molecule has 3 heteroatoms. The van der Waals surface area contributed by atoms with Crippen molar-refractivity contribution in [2.24, 2.45) is 11.8 Å². The Bertz CT molecular complexity index is 339. The van der Waals surface area contributed by atoms with Crippen LogP contribution in [0.2, 0.25) is 5.02 Å². The van der Waals surface area contributed by atoms with Crippen molar-refractivity contribution >= 4 is 24.2 Å². The van der Waals surface area contributed by atoms with Gasteiger partial charge in [-0.25, -0.2) is 0 Å². The second-order valence-corrected chi connectivity index (χ2v) is 5.21. The lowest BCUT2D eigenvalue weighted by Crippen LogP contribution is -2.19. The molecule has 0 N–H and O–H groups in total. The molecule has 0 saturated heterocycles. The summed E-state index contributed by atoms with van der Waals surface area (Å²) in [6.45, 7) is 7.10. The molecule has 1 nitrogen and oxygen atoms in total. The van der Waals surface area contributed by atoms with Gasteiger partial charge in [0.1, 0.15) is 5.75 Å². The summed E-state index contributed by atoms with van der Waals surface area (Å²) < 4.78 is 5.80. The molecular weight excluding hydrogens is 240 g/mol. The molecule has 16 heavy (non-hydrogen) atoms. The lowest BCUT2D eigenvalue weighted by molar-refractivity contribution is 0.226. The Hall–Kier alpha value is -0.340. The van der Waals surface area contributed by atoms with E-state index in [0.29, 0.717) is 23.5 Å². The fourth-order valence-corrected chi connectivity index (χ4v) is 2.07. The van der Waals surface area contributed by atoms with Gasteiger partial charge < -0.3 is 4.74 Å². The zero-order valence-electron chi connectivity index (χ0n) is 10.0. The highest BCUT2D eigenvalue weighted by atomic mass is 35.5. The number of halogens is 1. The van der Waals surface area contributed by atoms with Gasteiger partial charge in [0.15, 0.2) is 0 Å². The molecule has 0 amide bonds. The second-order valence-electron chi connectivity index (χ2n) is 4.41. The van der Waals surface area contributed by atoms with Crippen LogP contribution in [0.3, 0.4) is 0 Å². The van der Waals surface area contributed by atoms with E-state index in [9.17, 15) is 0 Å². The van der Waals surface area contributed by atoms with E-state index in [2.05, 4.69) is 26.5 Å². The molecule has 0 spiro atoms. The van der Waals surface area contributed by atoms with Crippen molar-refractivity contribution in [2.75, 3.05) is 12.4 Å². The molecule has 0 bridgehead atoms. The van der Waals surface area contributed by atoms with Crippen LogP contribution in [0.15, 0.2) is 18.2 Å². The van der Waals surface area contributed by atoms with Crippen LogP contribution in [-0.2, 0) is 0 Å². The smallest absolute Gasteiger partial charge is 0.123 e. The maximum absolute atomic E-state index is 5.93. The minimum Gasteiger partial charge on any atom is -0.493 e. The number of thiol groups is 1.